The second-order valence-electron chi connectivity index (χ2n) is 4.01. The molecule has 14 heavy (non-hydrogen) atoms. The summed E-state index contributed by atoms with van der Waals surface area (Å²) in [7, 11) is 0. The number of alkyl halides is 1. The third kappa shape index (κ3) is 2.00. The van der Waals surface area contributed by atoms with Crippen molar-refractivity contribution in [2.75, 3.05) is 6.67 Å². The van der Waals surface area contributed by atoms with Crippen molar-refractivity contribution >= 4 is 15.9 Å². The maximum absolute atomic E-state index is 12.7. The fraction of sp³-hybridized carbons (Fsp3) is 0.500. The van der Waals surface area contributed by atoms with E-state index < -0.39 is 0 Å². The molecule has 0 bridgehead atoms. The molecule has 2 unspecified atom stereocenters. The summed E-state index contributed by atoms with van der Waals surface area (Å²) in [6.45, 7) is -0.169. The third-order valence-electron chi connectivity index (χ3n) is 3.13. The average molecular weight is 257 g/mol. The van der Waals surface area contributed by atoms with Gasteiger partial charge in [-0.05, 0) is 42.4 Å². The fourth-order valence-electron chi connectivity index (χ4n) is 2.40. The lowest BCUT2D eigenvalue weighted by molar-refractivity contribution is 0.342. The Kier molecular flexibility index (Phi) is 3.22. The molecule has 0 N–H and O–H groups in total. The Morgan fingerprint density at radius 1 is 1.36 bits per heavy atom. The van der Waals surface area contributed by atoms with Crippen LogP contribution in [0.3, 0.4) is 0 Å². The van der Waals surface area contributed by atoms with E-state index in [0.29, 0.717) is 5.92 Å². The van der Waals surface area contributed by atoms with Crippen molar-refractivity contribution < 1.29 is 4.39 Å². The lowest BCUT2D eigenvalue weighted by Crippen LogP contribution is -2.07. The van der Waals surface area contributed by atoms with Gasteiger partial charge in [0.2, 0.25) is 0 Å². The van der Waals surface area contributed by atoms with Crippen LogP contribution in [0.15, 0.2) is 28.7 Å². The Hall–Kier alpha value is -0.370. The number of halogens is 2. The first-order valence-electron chi connectivity index (χ1n) is 5.12. The van der Waals surface area contributed by atoms with Crippen LogP contribution in [0.4, 0.5) is 4.39 Å². The highest BCUT2D eigenvalue weighted by Crippen LogP contribution is 2.40. The van der Waals surface area contributed by atoms with E-state index in [2.05, 4.69) is 28.1 Å². The van der Waals surface area contributed by atoms with Crippen LogP contribution in [0.2, 0.25) is 0 Å². The standard InChI is InChI=1S/C12H14BrF/c13-11-5-1-3-9(7-11)12-6-2-4-10(12)8-14/h1,3,5,7,10,12H,2,4,6,8H2. The Labute approximate surface area is 92.6 Å². The topological polar surface area (TPSA) is 0 Å². The van der Waals surface area contributed by atoms with Gasteiger partial charge in [0.05, 0.1) is 6.67 Å². The fourth-order valence-corrected chi connectivity index (χ4v) is 2.81. The minimum atomic E-state index is -0.169. The van der Waals surface area contributed by atoms with Crippen LogP contribution in [-0.2, 0) is 0 Å². The molecule has 1 aliphatic carbocycles. The SMILES string of the molecule is FCC1CCCC1c1cccc(Br)c1. The lowest BCUT2D eigenvalue weighted by atomic mass is 9.90. The molecule has 0 aromatic heterocycles. The Balaban J connectivity index is 2.21. The molecule has 0 heterocycles. The van der Waals surface area contributed by atoms with Crippen molar-refractivity contribution in [2.24, 2.45) is 5.92 Å². The molecule has 0 nitrogen and oxygen atoms in total. The zero-order valence-corrected chi connectivity index (χ0v) is 9.63. The van der Waals surface area contributed by atoms with E-state index >= 15 is 0 Å². The number of hydrogen-bond donors (Lipinski definition) is 0. The van der Waals surface area contributed by atoms with Gasteiger partial charge < -0.3 is 0 Å². The zero-order chi connectivity index (χ0) is 9.97. The summed E-state index contributed by atoms with van der Waals surface area (Å²) in [5, 5.41) is 0. The van der Waals surface area contributed by atoms with Crippen LogP contribution >= 0.6 is 15.9 Å². The van der Waals surface area contributed by atoms with Gasteiger partial charge in [0.1, 0.15) is 0 Å². The minimum absolute atomic E-state index is 0.169. The number of hydrogen-bond acceptors (Lipinski definition) is 0. The molecule has 2 rings (SSSR count). The molecule has 0 radical (unpaired) electrons. The maximum atomic E-state index is 12.7. The first kappa shape index (κ1) is 10.2. The average Bonchev–Trinajstić information content (AvgIpc) is 2.65. The summed E-state index contributed by atoms with van der Waals surface area (Å²) in [6.07, 6.45) is 3.37. The molecule has 0 amide bonds. The van der Waals surface area contributed by atoms with Crippen LogP contribution in [0.1, 0.15) is 30.7 Å². The van der Waals surface area contributed by atoms with Gasteiger partial charge in [-0.2, -0.15) is 0 Å². The highest BCUT2D eigenvalue weighted by atomic mass is 79.9. The van der Waals surface area contributed by atoms with Crippen molar-refractivity contribution in [2.45, 2.75) is 25.2 Å². The Morgan fingerprint density at radius 2 is 2.21 bits per heavy atom. The van der Waals surface area contributed by atoms with Crippen molar-refractivity contribution in [3.05, 3.63) is 34.3 Å². The Bertz CT molecular complexity index is 311. The second kappa shape index (κ2) is 4.43. The van der Waals surface area contributed by atoms with Gasteiger partial charge in [0.15, 0.2) is 0 Å². The molecule has 1 aromatic carbocycles. The summed E-state index contributed by atoms with van der Waals surface area (Å²) in [6, 6.07) is 8.29. The third-order valence-corrected chi connectivity index (χ3v) is 3.63. The van der Waals surface area contributed by atoms with E-state index in [1.165, 1.54) is 12.0 Å². The van der Waals surface area contributed by atoms with E-state index in [0.717, 1.165) is 17.3 Å². The van der Waals surface area contributed by atoms with E-state index in [1.807, 2.05) is 12.1 Å². The second-order valence-corrected chi connectivity index (χ2v) is 4.92. The predicted octanol–water partition coefficient (Wildman–Crippen LogP) is 4.30. The molecule has 0 saturated heterocycles. The number of rotatable bonds is 2. The van der Waals surface area contributed by atoms with Gasteiger partial charge in [0, 0.05) is 4.47 Å². The molecule has 1 aromatic rings. The van der Waals surface area contributed by atoms with Gasteiger partial charge in [-0.15, -0.1) is 0 Å². The minimum Gasteiger partial charge on any atom is -0.251 e. The van der Waals surface area contributed by atoms with E-state index in [1.54, 1.807) is 0 Å². The molecule has 0 spiro atoms. The summed E-state index contributed by atoms with van der Waals surface area (Å²) in [5.74, 6) is 0.696. The molecule has 1 saturated carbocycles. The maximum Gasteiger partial charge on any atom is 0.0928 e. The number of benzene rings is 1. The van der Waals surface area contributed by atoms with Crippen molar-refractivity contribution in [3.63, 3.8) is 0 Å². The molecular formula is C12H14BrF. The Morgan fingerprint density at radius 3 is 2.93 bits per heavy atom. The van der Waals surface area contributed by atoms with Gasteiger partial charge >= 0.3 is 0 Å². The molecule has 2 atom stereocenters. The summed E-state index contributed by atoms with van der Waals surface area (Å²) < 4.78 is 13.8. The van der Waals surface area contributed by atoms with E-state index in [-0.39, 0.29) is 12.6 Å². The predicted molar refractivity (Wildman–Crippen MR) is 60.2 cm³/mol. The lowest BCUT2D eigenvalue weighted by Gasteiger charge is -2.16. The van der Waals surface area contributed by atoms with Gasteiger partial charge in [-0.25, -0.2) is 0 Å². The molecule has 2 heteroatoms. The zero-order valence-electron chi connectivity index (χ0n) is 8.05. The molecular weight excluding hydrogens is 243 g/mol. The van der Waals surface area contributed by atoms with E-state index in [9.17, 15) is 4.39 Å². The first-order chi connectivity index (χ1) is 6.81. The van der Waals surface area contributed by atoms with Crippen LogP contribution in [0.5, 0.6) is 0 Å². The van der Waals surface area contributed by atoms with Crippen molar-refractivity contribution in [1.29, 1.82) is 0 Å². The quantitative estimate of drug-likeness (QED) is 0.740. The highest BCUT2D eigenvalue weighted by molar-refractivity contribution is 9.10. The van der Waals surface area contributed by atoms with Crippen molar-refractivity contribution in [1.82, 2.24) is 0 Å². The summed E-state index contributed by atoms with van der Waals surface area (Å²) in [4.78, 5) is 0. The summed E-state index contributed by atoms with van der Waals surface area (Å²) >= 11 is 3.46. The normalized spacial score (nSPS) is 26.7. The van der Waals surface area contributed by atoms with Crippen LogP contribution in [0, 0.1) is 5.92 Å². The van der Waals surface area contributed by atoms with Gasteiger partial charge in [0.25, 0.3) is 0 Å². The molecule has 1 fully saturated rings. The molecule has 76 valence electrons. The molecule has 1 aliphatic rings. The van der Waals surface area contributed by atoms with Crippen LogP contribution < -0.4 is 0 Å². The van der Waals surface area contributed by atoms with Crippen molar-refractivity contribution in [3.8, 4) is 0 Å². The van der Waals surface area contributed by atoms with Crippen LogP contribution in [-0.4, -0.2) is 6.67 Å². The molecule has 0 aliphatic heterocycles. The van der Waals surface area contributed by atoms with E-state index in [4.69, 9.17) is 0 Å². The summed E-state index contributed by atoms with van der Waals surface area (Å²) in [5.41, 5.74) is 1.29. The largest absolute Gasteiger partial charge is 0.251 e. The monoisotopic (exact) mass is 256 g/mol. The van der Waals surface area contributed by atoms with Gasteiger partial charge in [-0.1, -0.05) is 34.5 Å². The highest BCUT2D eigenvalue weighted by Gasteiger charge is 2.28. The van der Waals surface area contributed by atoms with Gasteiger partial charge in [-0.3, -0.25) is 4.39 Å². The first-order valence-corrected chi connectivity index (χ1v) is 5.92. The van der Waals surface area contributed by atoms with Crippen LogP contribution in [0.25, 0.3) is 0 Å². The smallest absolute Gasteiger partial charge is 0.0928 e.